The van der Waals surface area contributed by atoms with Crippen molar-refractivity contribution in [1.29, 1.82) is 0 Å². The second-order valence-corrected chi connectivity index (χ2v) is 14.9. The molecule has 2 N–H and O–H groups in total. The summed E-state index contributed by atoms with van der Waals surface area (Å²) in [7, 11) is -1.09. The van der Waals surface area contributed by atoms with E-state index in [4.69, 9.17) is 4.74 Å². The number of rotatable bonds is 8. The molecule has 2 amide bonds. The molecular formula is C21H35N5O2Si. The summed E-state index contributed by atoms with van der Waals surface area (Å²) < 4.78 is 7.76. The van der Waals surface area contributed by atoms with E-state index < -0.39 is 8.07 Å². The van der Waals surface area contributed by atoms with Gasteiger partial charge in [-0.25, -0.2) is 14.8 Å². The molecule has 0 radical (unpaired) electrons. The van der Waals surface area contributed by atoms with Gasteiger partial charge >= 0.3 is 6.03 Å². The minimum atomic E-state index is -1.09. The number of aromatic nitrogens is 3. The summed E-state index contributed by atoms with van der Waals surface area (Å²) in [4.78, 5) is 21.4. The van der Waals surface area contributed by atoms with Crippen LogP contribution in [0.2, 0.25) is 25.7 Å². The largest absolute Gasteiger partial charge is 0.361 e. The van der Waals surface area contributed by atoms with E-state index in [0.717, 1.165) is 36.7 Å². The zero-order chi connectivity index (χ0) is 20.9. The van der Waals surface area contributed by atoms with Crippen LogP contribution in [0.1, 0.15) is 39.0 Å². The maximum absolute atomic E-state index is 12.4. The third kappa shape index (κ3) is 6.27. The molecule has 2 unspecified atom stereocenters. The van der Waals surface area contributed by atoms with Crippen LogP contribution in [0.4, 0.5) is 10.6 Å². The molecule has 2 heterocycles. The summed E-state index contributed by atoms with van der Waals surface area (Å²) in [6.07, 6.45) is 9.33. The first-order valence-corrected chi connectivity index (χ1v) is 14.5. The SMILES string of the molecule is CCC1CCCCC1NC(=O)Nc1cnc2c(ccn2COCC[Si](C)(C)C)n1. The van der Waals surface area contributed by atoms with Crippen molar-refractivity contribution in [1.82, 2.24) is 19.9 Å². The van der Waals surface area contributed by atoms with Crippen molar-refractivity contribution in [2.45, 2.75) is 77.5 Å². The van der Waals surface area contributed by atoms with E-state index in [0.29, 0.717) is 18.5 Å². The summed E-state index contributed by atoms with van der Waals surface area (Å²) >= 11 is 0. The van der Waals surface area contributed by atoms with Crippen molar-refractivity contribution in [3.63, 3.8) is 0 Å². The third-order valence-corrected chi connectivity index (χ3v) is 7.39. The molecule has 160 valence electrons. The van der Waals surface area contributed by atoms with Crippen LogP contribution in [-0.4, -0.2) is 41.3 Å². The van der Waals surface area contributed by atoms with E-state index in [1.165, 1.54) is 19.3 Å². The molecule has 1 aliphatic carbocycles. The highest BCUT2D eigenvalue weighted by Crippen LogP contribution is 2.26. The average molecular weight is 418 g/mol. The zero-order valence-electron chi connectivity index (χ0n) is 18.2. The summed E-state index contributed by atoms with van der Waals surface area (Å²) in [5, 5.41) is 5.97. The molecule has 0 bridgehead atoms. The van der Waals surface area contributed by atoms with Gasteiger partial charge in [-0.3, -0.25) is 5.32 Å². The molecule has 1 saturated carbocycles. The lowest BCUT2D eigenvalue weighted by atomic mass is 9.83. The Balaban J connectivity index is 1.55. The van der Waals surface area contributed by atoms with Crippen LogP contribution in [0, 0.1) is 5.92 Å². The highest BCUT2D eigenvalue weighted by molar-refractivity contribution is 6.76. The summed E-state index contributed by atoms with van der Waals surface area (Å²) in [5.41, 5.74) is 1.52. The second kappa shape index (κ2) is 9.71. The Hall–Kier alpha value is -1.93. The summed E-state index contributed by atoms with van der Waals surface area (Å²) in [6.45, 7) is 10.5. The highest BCUT2D eigenvalue weighted by atomic mass is 28.3. The molecule has 2 aromatic heterocycles. The van der Waals surface area contributed by atoms with Crippen molar-refractivity contribution >= 4 is 31.1 Å². The van der Waals surface area contributed by atoms with Crippen molar-refractivity contribution in [3.05, 3.63) is 18.5 Å². The van der Waals surface area contributed by atoms with Crippen LogP contribution < -0.4 is 10.6 Å². The van der Waals surface area contributed by atoms with Crippen LogP contribution in [0.25, 0.3) is 11.2 Å². The predicted molar refractivity (Wildman–Crippen MR) is 120 cm³/mol. The monoisotopic (exact) mass is 417 g/mol. The van der Waals surface area contributed by atoms with Gasteiger partial charge in [0.2, 0.25) is 0 Å². The Morgan fingerprint density at radius 1 is 1.31 bits per heavy atom. The molecule has 2 atom stereocenters. The number of urea groups is 1. The predicted octanol–water partition coefficient (Wildman–Crippen LogP) is 4.83. The van der Waals surface area contributed by atoms with Crippen LogP contribution in [0.5, 0.6) is 0 Å². The fraction of sp³-hybridized carbons (Fsp3) is 0.667. The molecule has 0 spiro atoms. The van der Waals surface area contributed by atoms with E-state index in [1.807, 2.05) is 16.8 Å². The molecule has 0 aliphatic heterocycles. The molecule has 0 saturated heterocycles. The van der Waals surface area contributed by atoms with Gasteiger partial charge in [-0.2, -0.15) is 0 Å². The van der Waals surface area contributed by atoms with Gasteiger partial charge in [-0.05, 0) is 30.9 Å². The molecule has 7 nitrogen and oxygen atoms in total. The van der Waals surface area contributed by atoms with Gasteiger partial charge < -0.3 is 14.6 Å². The van der Waals surface area contributed by atoms with Crippen LogP contribution >= 0.6 is 0 Å². The first-order chi connectivity index (χ1) is 13.9. The van der Waals surface area contributed by atoms with Crippen molar-refractivity contribution < 1.29 is 9.53 Å². The maximum atomic E-state index is 12.4. The molecule has 1 aliphatic rings. The van der Waals surface area contributed by atoms with Gasteiger partial charge in [0.25, 0.3) is 0 Å². The Bertz CT molecular complexity index is 817. The van der Waals surface area contributed by atoms with Gasteiger partial charge in [-0.1, -0.05) is 45.8 Å². The van der Waals surface area contributed by atoms with Gasteiger partial charge in [0.05, 0.1) is 6.20 Å². The van der Waals surface area contributed by atoms with Crippen LogP contribution in [-0.2, 0) is 11.5 Å². The smallest absolute Gasteiger partial charge is 0.320 e. The number of anilines is 1. The summed E-state index contributed by atoms with van der Waals surface area (Å²) in [5.74, 6) is 1.04. The first-order valence-electron chi connectivity index (χ1n) is 10.8. The fourth-order valence-corrected chi connectivity index (χ4v) is 4.63. The van der Waals surface area contributed by atoms with E-state index in [9.17, 15) is 4.79 Å². The molecule has 3 rings (SSSR count). The number of amides is 2. The minimum Gasteiger partial charge on any atom is -0.361 e. The van der Waals surface area contributed by atoms with Gasteiger partial charge in [-0.15, -0.1) is 0 Å². The second-order valence-electron chi connectivity index (χ2n) is 9.26. The lowest BCUT2D eigenvalue weighted by molar-refractivity contribution is 0.0899. The number of hydrogen-bond acceptors (Lipinski definition) is 4. The number of hydrogen-bond donors (Lipinski definition) is 2. The lowest BCUT2D eigenvalue weighted by Gasteiger charge is -2.31. The minimum absolute atomic E-state index is 0.196. The van der Waals surface area contributed by atoms with Gasteiger partial charge in [0.1, 0.15) is 12.2 Å². The Kier molecular flexibility index (Phi) is 7.29. The molecule has 0 aromatic carbocycles. The lowest BCUT2D eigenvalue weighted by Crippen LogP contribution is -2.44. The molecular weight excluding hydrogens is 382 g/mol. The Morgan fingerprint density at radius 3 is 2.86 bits per heavy atom. The topological polar surface area (TPSA) is 81.1 Å². The number of carbonyl (C=O) groups is 1. The Morgan fingerprint density at radius 2 is 2.10 bits per heavy atom. The molecule has 8 heteroatoms. The molecule has 2 aromatic rings. The number of carbonyl (C=O) groups excluding carboxylic acids is 1. The third-order valence-electron chi connectivity index (χ3n) is 5.68. The van der Waals surface area contributed by atoms with Gasteiger partial charge in [0.15, 0.2) is 11.5 Å². The summed E-state index contributed by atoms with van der Waals surface area (Å²) in [6, 6.07) is 3.10. The van der Waals surface area contributed by atoms with Crippen LogP contribution in [0.3, 0.4) is 0 Å². The van der Waals surface area contributed by atoms with Gasteiger partial charge in [0, 0.05) is 26.9 Å². The first kappa shape index (κ1) is 21.8. The maximum Gasteiger partial charge on any atom is 0.320 e. The fourth-order valence-electron chi connectivity index (χ4n) is 3.87. The van der Waals surface area contributed by atoms with Crippen molar-refractivity contribution in [3.8, 4) is 0 Å². The van der Waals surface area contributed by atoms with Crippen molar-refractivity contribution in [2.75, 3.05) is 11.9 Å². The normalized spacial score (nSPS) is 20.0. The van der Waals surface area contributed by atoms with E-state index in [-0.39, 0.29) is 12.1 Å². The van der Waals surface area contributed by atoms with E-state index in [1.54, 1.807) is 6.20 Å². The van der Waals surface area contributed by atoms with E-state index >= 15 is 0 Å². The number of fused-ring (bicyclic) bond motifs is 1. The standard InChI is InChI=1S/C21H35N5O2Si/c1-5-16-8-6-7-9-17(16)24-21(27)25-19-14-22-20-18(23-19)10-11-26(20)15-28-12-13-29(2,3)4/h10-11,14,16-17H,5-9,12-13,15H2,1-4H3,(H2,23,24,25,27). The van der Waals surface area contributed by atoms with Crippen molar-refractivity contribution in [2.24, 2.45) is 5.92 Å². The van der Waals surface area contributed by atoms with Crippen LogP contribution in [0.15, 0.2) is 18.5 Å². The van der Waals surface area contributed by atoms with E-state index in [2.05, 4.69) is 47.2 Å². The number of ether oxygens (including phenoxy) is 1. The quantitative estimate of drug-likeness (QED) is 0.476. The number of nitrogens with one attached hydrogen (secondary N) is 2. The number of nitrogens with zero attached hydrogens (tertiary/aromatic N) is 3. The highest BCUT2D eigenvalue weighted by Gasteiger charge is 2.25. The average Bonchev–Trinajstić information content (AvgIpc) is 3.07. The molecule has 29 heavy (non-hydrogen) atoms. The zero-order valence-corrected chi connectivity index (χ0v) is 19.2. The Labute approximate surface area is 174 Å². The molecule has 1 fully saturated rings.